The van der Waals surface area contributed by atoms with Gasteiger partial charge in [-0.05, 0) is 72.1 Å². The molecule has 0 bridgehead atoms. The molecule has 86 valence electrons. The van der Waals surface area contributed by atoms with E-state index >= 15 is 0 Å². The van der Waals surface area contributed by atoms with E-state index in [1.54, 1.807) is 0 Å². The first-order chi connectivity index (χ1) is 8.08. The summed E-state index contributed by atoms with van der Waals surface area (Å²) >= 11 is 14.1. The Hall–Kier alpha value is 0.160. The number of hydrogen-bond donors (Lipinski definition) is 0. The van der Waals surface area contributed by atoms with Crippen LogP contribution in [0.1, 0.15) is 0 Å². The van der Waals surface area contributed by atoms with Crippen LogP contribution in [0.25, 0.3) is 21.9 Å². The van der Waals surface area contributed by atoms with E-state index in [0.717, 1.165) is 39.8 Å². The highest BCUT2D eigenvalue weighted by Crippen LogP contribution is 2.42. The van der Waals surface area contributed by atoms with E-state index in [2.05, 4.69) is 69.8 Å². The Bertz CT molecular complexity index is 745. The number of fused-ring (bicyclic) bond motifs is 3. The number of rotatable bonds is 0. The van der Waals surface area contributed by atoms with E-state index in [1.807, 2.05) is 18.2 Å². The molecule has 3 rings (SSSR count). The van der Waals surface area contributed by atoms with Crippen molar-refractivity contribution in [2.24, 2.45) is 0 Å². The second kappa shape index (κ2) is 4.37. The van der Waals surface area contributed by atoms with Gasteiger partial charge in [0.25, 0.3) is 0 Å². The van der Waals surface area contributed by atoms with Crippen LogP contribution in [-0.4, -0.2) is 0 Å². The Balaban J connectivity index is 2.61. The van der Waals surface area contributed by atoms with Crippen molar-refractivity contribution >= 4 is 85.7 Å². The maximum Gasteiger partial charge on any atom is 0.150 e. The van der Waals surface area contributed by atoms with Gasteiger partial charge in [0.1, 0.15) is 5.58 Å². The van der Waals surface area contributed by atoms with Gasteiger partial charge in [0.05, 0.1) is 4.47 Å². The number of hydrogen-bond acceptors (Lipinski definition) is 1. The third-order valence-electron chi connectivity index (χ3n) is 2.55. The molecule has 0 aliphatic carbocycles. The summed E-state index contributed by atoms with van der Waals surface area (Å²) in [5.41, 5.74) is 1.72. The predicted octanol–water partition coefficient (Wildman–Crippen LogP) is 6.64. The van der Waals surface area contributed by atoms with Gasteiger partial charge < -0.3 is 4.42 Å². The van der Waals surface area contributed by atoms with Gasteiger partial charge in [-0.15, -0.1) is 0 Å². The first kappa shape index (κ1) is 12.2. The third-order valence-corrected chi connectivity index (χ3v) is 5.62. The molecule has 0 spiro atoms. The number of furan rings is 1. The van der Waals surface area contributed by atoms with E-state index in [4.69, 9.17) is 4.42 Å². The molecular formula is C12H4Br4O. The van der Waals surface area contributed by atoms with Crippen molar-refractivity contribution in [1.29, 1.82) is 0 Å². The fraction of sp³-hybridized carbons (Fsp3) is 0. The quantitative estimate of drug-likeness (QED) is 0.327. The molecule has 0 fully saturated rings. The van der Waals surface area contributed by atoms with E-state index < -0.39 is 0 Å². The first-order valence-electron chi connectivity index (χ1n) is 4.73. The molecule has 1 heterocycles. The van der Waals surface area contributed by atoms with E-state index in [1.165, 1.54) is 0 Å². The van der Waals surface area contributed by atoms with Gasteiger partial charge in [-0.3, -0.25) is 0 Å². The first-order valence-corrected chi connectivity index (χ1v) is 7.90. The molecule has 0 saturated carbocycles. The second-order valence-electron chi connectivity index (χ2n) is 3.60. The van der Waals surface area contributed by atoms with Gasteiger partial charge in [-0.25, -0.2) is 0 Å². The average Bonchev–Trinajstić information content (AvgIpc) is 2.65. The normalized spacial score (nSPS) is 11.5. The van der Waals surface area contributed by atoms with Crippen molar-refractivity contribution in [2.45, 2.75) is 0 Å². The minimum absolute atomic E-state index is 0.855. The van der Waals surface area contributed by atoms with Crippen LogP contribution in [0.3, 0.4) is 0 Å². The summed E-state index contributed by atoms with van der Waals surface area (Å²) < 4.78 is 9.83. The molecule has 0 amide bonds. The minimum Gasteiger partial charge on any atom is -0.455 e. The summed E-state index contributed by atoms with van der Waals surface area (Å²) in [6, 6.07) is 8.01. The molecule has 0 aliphatic rings. The highest BCUT2D eigenvalue weighted by molar-refractivity contribution is 9.13. The monoisotopic (exact) mass is 480 g/mol. The van der Waals surface area contributed by atoms with Crippen molar-refractivity contribution in [1.82, 2.24) is 0 Å². The van der Waals surface area contributed by atoms with Gasteiger partial charge in [0.15, 0.2) is 5.58 Å². The number of benzene rings is 2. The van der Waals surface area contributed by atoms with Crippen LogP contribution in [0.2, 0.25) is 0 Å². The molecule has 17 heavy (non-hydrogen) atoms. The molecule has 2 aromatic carbocycles. The molecule has 0 aliphatic heterocycles. The molecule has 0 N–H and O–H groups in total. The van der Waals surface area contributed by atoms with E-state index in [9.17, 15) is 0 Å². The third kappa shape index (κ3) is 1.91. The summed E-state index contributed by atoms with van der Waals surface area (Å²) in [4.78, 5) is 0. The lowest BCUT2D eigenvalue weighted by Crippen LogP contribution is -1.75. The lowest BCUT2D eigenvalue weighted by Gasteiger charge is -1.99. The van der Waals surface area contributed by atoms with E-state index in [-0.39, 0.29) is 0 Å². The summed E-state index contributed by atoms with van der Waals surface area (Å²) in [6.45, 7) is 0. The smallest absolute Gasteiger partial charge is 0.150 e. The molecule has 0 unspecified atom stereocenters. The SMILES string of the molecule is Brc1ccc2c(c1)oc1c(Br)cc(Br)c(Br)c12. The summed E-state index contributed by atoms with van der Waals surface area (Å²) in [7, 11) is 0. The Labute approximate surface area is 131 Å². The summed E-state index contributed by atoms with van der Waals surface area (Å²) in [6.07, 6.45) is 0. The van der Waals surface area contributed by atoms with Gasteiger partial charge >= 0.3 is 0 Å². The molecule has 0 radical (unpaired) electrons. The molecule has 3 aromatic rings. The van der Waals surface area contributed by atoms with Gasteiger partial charge in [0, 0.05) is 24.2 Å². The summed E-state index contributed by atoms with van der Waals surface area (Å²) in [5.74, 6) is 0. The van der Waals surface area contributed by atoms with Crippen molar-refractivity contribution in [2.75, 3.05) is 0 Å². The van der Waals surface area contributed by atoms with Crippen molar-refractivity contribution in [3.63, 3.8) is 0 Å². The van der Waals surface area contributed by atoms with Crippen LogP contribution < -0.4 is 0 Å². The van der Waals surface area contributed by atoms with Crippen LogP contribution >= 0.6 is 63.7 Å². The molecule has 0 atom stereocenters. The minimum atomic E-state index is 0.855. The van der Waals surface area contributed by atoms with Crippen molar-refractivity contribution < 1.29 is 4.42 Å². The van der Waals surface area contributed by atoms with Gasteiger partial charge in [-0.2, -0.15) is 0 Å². The highest BCUT2D eigenvalue weighted by Gasteiger charge is 2.15. The summed E-state index contributed by atoms with van der Waals surface area (Å²) in [5, 5.41) is 2.17. The zero-order valence-electron chi connectivity index (χ0n) is 8.23. The lowest BCUT2D eigenvalue weighted by molar-refractivity contribution is 0.666. The fourth-order valence-corrected chi connectivity index (χ4v) is 3.91. The van der Waals surface area contributed by atoms with Crippen LogP contribution in [0.5, 0.6) is 0 Å². The number of halogens is 4. The van der Waals surface area contributed by atoms with Crippen LogP contribution in [0.4, 0.5) is 0 Å². The fourth-order valence-electron chi connectivity index (χ4n) is 1.82. The lowest BCUT2D eigenvalue weighted by atomic mass is 10.1. The topological polar surface area (TPSA) is 13.1 Å². The van der Waals surface area contributed by atoms with Crippen LogP contribution in [0.15, 0.2) is 46.6 Å². The Morgan fingerprint density at radius 3 is 2.41 bits per heavy atom. The second-order valence-corrected chi connectivity index (χ2v) is 7.02. The van der Waals surface area contributed by atoms with Crippen molar-refractivity contribution in [3.05, 3.63) is 42.2 Å². The van der Waals surface area contributed by atoms with Crippen molar-refractivity contribution in [3.8, 4) is 0 Å². The molecule has 1 nitrogen and oxygen atoms in total. The predicted molar refractivity (Wildman–Crippen MR) is 84.5 cm³/mol. The molecular weight excluding hydrogens is 480 g/mol. The van der Waals surface area contributed by atoms with Crippen LogP contribution in [0, 0.1) is 0 Å². The maximum atomic E-state index is 5.87. The standard InChI is InChI=1S/C12H4Br4O/c13-5-1-2-6-9(3-5)17-12-8(15)4-7(14)11(16)10(6)12/h1-4H. The molecule has 5 heteroatoms. The zero-order chi connectivity index (χ0) is 12.2. The van der Waals surface area contributed by atoms with E-state index in [0.29, 0.717) is 0 Å². The Morgan fingerprint density at radius 2 is 1.65 bits per heavy atom. The largest absolute Gasteiger partial charge is 0.455 e. The van der Waals surface area contributed by atoms with Crippen LogP contribution in [-0.2, 0) is 0 Å². The van der Waals surface area contributed by atoms with Gasteiger partial charge in [-0.1, -0.05) is 15.9 Å². The highest BCUT2D eigenvalue weighted by atomic mass is 79.9. The average molecular weight is 484 g/mol. The zero-order valence-corrected chi connectivity index (χ0v) is 14.6. The Morgan fingerprint density at radius 1 is 0.882 bits per heavy atom. The maximum absolute atomic E-state index is 5.87. The molecule has 1 aromatic heterocycles. The van der Waals surface area contributed by atoms with Gasteiger partial charge in [0.2, 0.25) is 0 Å². The molecule has 0 saturated heterocycles. The Kier molecular flexibility index (Phi) is 3.14.